The largest absolute Gasteiger partial charge is 0.497 e. The van der Waals surface area contributed by atoms with Crippen LogP contribution in [0.25, 0.3) is 0 Å². The van der Waals surface area contributed by atoms with Crippen LogP contribution >= 0.6 is 0 Å². The zero-order valence-electron chi connectivity index (χ0n) is 20.9. The van der Waals surface area contributed by atoms with Gasteiger partial charge in [-0.2, -0.15) is 0 Å². The molecule has 35 heavy (non-hydrogen) atoms. The first-order chi connectivity index (χ1) is 16.5. The average Bonchev–Trinajstić information content (AvgIpc) is 2.84. The standard InChI is InChI=1S/C24H33N3O7S/c1-7-25-24(29)17(2)26(15-18-8-10-19(32-3)11-9-18)23(28)16-27(35(6,30)31)21-13-12-20(33-4)14-22(21)34-5/h8-14,17H,7,15-16H2,1-6H3,(H,25,29)/t17-/m0/s1. The Labute approximate surface area is 206 Å². The maximum Gasteiger partial charge on any atom is 0.244 e. The quantitative estimate of drug-likeness (QED) is 0.468. The number of carbonyl (C=O) groups excluding carboxylic acids is 2. The lowest BCUT2D eigenvalue weighted by atomic mass is 10.1. The maximum atomic E-state index is 13.5. The second-order valence-electron chi connectivity index (χ2n) is 7.75. The third-order valence-corrected chi connectivity index (χ3v) is 6.49. The summed E-state index contributed by atoms with van der Waals surface area (Å²) in [4.78, 5) is 27.5. The number of amides is 2. The number of benzene rings is 2. The van der Waals surface area contributed by atoms with Gasteiger partial charge < -0.3 is 24.4 Å². The van der Waals surface area contributed by atoms with E-state index in [1.165, 1.54) is 31.3 Å². The highest BCUT2D eigenvalue weighted by Gasteiger charge is 2.31. The minimum absolute atomic E-state index is 0.0957. The van der Waals surface area contributed by atoms with Gasteiger partial charge in [-0.25, -0.2) is 8.42 Å². The van der Waals surface area contributed by atoms with Gasteiger partial charge in [0.25, 0.3) is 0 Å². The van der Waals surface area contributed by atoms with E-state index in [1.54, 1.807) is 51.3 Å². The van der Waals surface area contributed by atoms with Crippen molar-refractivity contribution in [2.45, 2.75) is 26.4 Å². The van der Waals surface area contributed by atoms with Crippen molar-refractivity contribution >= 4 is 27.5 Å². The Morgan fingerprint density at radius 3 is 2.09 bits per heavy atom. The normalized spacial score (nSPS) is 11.8. The number of methoxy groups -OCH3 is 3. The summed E-state index contributed by atoms with van der Waals surface area (Å²) < 4.78 is 42.1. The molecule has 0 bridgehead atoms. The number of nitrogens with zero attached hydrogens (tertiary/aromatic N) is 2. The molecule has 0 unspecified atom stereocenters. The third-order valence-electron chi connectivity index (χ3n) is 5.37. The van der Waals surface area contributed by atoms with E-state index in [4.69, 9.17) is 14.2 Å². The van der Waals surface area contributed by atoms with Gasteiger partial charge in [0, 0.05) is 19.2 Å². The van der Waals surface area contributed by atoms with Crippen LogP contribution in [0.1, 0.15) is 19.4 Å². The highest BCUT2D eigenvalue weighted by Crippen LogP contribution is 2.33. The summed E-state index contributed by atoms with van der Waals surface area (Å²) in [5.41, 5.74) is 0.933. The zero-order valence-corrected chi connectivity index (χ0v) is 21.7. The van der Waals surface area contributed by atoms with Crippen LogP contribution in [0, 0.1) is 0 Å². The Morgan fingerprint density at radius 2 is 1.57 bits per heavy atom. The van der Waals surface area contributed by atoms with Crippen molar-refractivity contribution < 1.29 is 32.2 Å². The Hall–Kier alpha value is -3.47. The number of ether oxygens (including phenoxy) is 3. The number of sulfonamides is 1. The molecule has 2 aromatic carbocycles. The van der Waals surface area contributed by atoms with Crippen molar-refractivity contribution in [3.05, 3.63) is 48.0 Å². The number of likely N-dealkylation sites (N-methyl/N-ethyl adjacent to an activating group) is 1. The minimum Gasteiger partial charge on any atom is -0.497 e. The predicted molar refractivity (Wildman–Crippen MR) is 133 cm³/mol. The number of hydrogen-bond donors (Lipinski definition) is 1. The molecule has 2 aromatic rings. The van der Waals surface area contributed by atoms with Crippen LogP contribution < -0.4 is 23.8 Å². The van der Waals surface area contributed by atoms with Crippen LogP contribution in [-0.2, 0) is 26.2 Å². The summed E-state index contributed by atoms with van der Waals surface area (Å²) in [5.74, 6) is 0.445. The summed E-state index contributed by atoms with van der Waals surface area (Å²) in [6, 6.07) is 10.8. The molecule has 0 aliphatic rings. The van der Waals surface area contributed by atoms with Gasteiger partial charge in [0.1, 0.15) is 29.8 Å². The van der Waals surface area contributed by atoms with Crippen molar-refractivity contribution in [3.8, 4) is 17.2 Å². The molecule has 0 saturated heterocycles. The average molecular weight is 508 g/mol. The van der Waals surface area contributed by atoms with Crippen molar-refractivity contribution in [2.75, 3.05) is 45.0 Å². The minimum atomic E-state index is -3.89. The molecular weight excluding hydrogens is 474 g/mol. The van der Waals surface area contributed by atoms with E-state index in [1.807, 2.05) is 0 Å². The van der Waals surface area contributed by atoms with E-state index in [0.29, 0.717) is 18.0 Å². The van der Waals surface area contributed by atoms with Crippen LogP contribution in [0.5, 0.6) is 17.2 Å². The van der Waals surface area contributed by atoms with E-state index in [-0.39, 0.29) is 23.9 Å². The first-order valence-electron chi connectivity index (χ1n) is 11.0. The van der Waals surface area contributed by atoms with Crippen LogP contribution in [0.3, 0.4) is 0 Å². The summed E-state index contributed by atoms with van der Waals surface area (Å²) in [5, 5.41) is 2.71. The van der Waals surface area contributed by atoms with Gasteiger partial charge in [0.2, 0.25) is 21.8 Å². The fourth-order valence-electron chi connectivity index (χ4n) is 3.42. The number of carbonyl (C=O) groups is 2. The van der Waals surface area contributed by atoms with Gasteiger partial charge in [-0.3, -0.25) is 13.9 Å². The lowest BCUT2D eigenvalue weighted by molar-refractivity contribution is -0.139. The second kappa shape index (κ2) is 12.3. The molecule has 0 aromatic heterocycles. The predicted octanol–water partition coefficient (Wildman–Crippen LogP) is 2.03. The summed E-state index contributed by atoms with van der Waals surface area (Å²) in [7, 11) is 0.537. The van der Waals surface area contributed by atoms with Gasteiger partial charge >= 0.3 is 0 Å². The molecule has 0 aliphatic heterocycles. The number of rotatable bonds is 12. The van der Waals surface area contributed by atoms with E-state index >= 15 is 0 Å². The van der Waals surface area contributed by atoms with Crippen LogP contribution in [0.4, 0.5) is 5.69 Å². The van der Waals surface area contributed by atoms with Gasteiger partial charge in [0.15, 0.2) is 0 Å². The third kappa shape index (κ3) is 7.25. The molecular formula is C24H33N3O7S. The van der Waals surface area contributed by atoms with E-state index in [0.717, 1.165) is 16.1 Å². The lowest BCUT2D eigenvalue weighted by Crippen LogP contribution is -2.51. The fourth-order valence-corrected chi connectivity index (χ4v) is 4.27. The van der Waals surface area contributed by atoms with Gasteiger partial charge in [-0.1, -0.05) is 12.1 Å². The van der Waals surface area contributed by atoms with E-state index in [2.05, 4.69) is 5.32 Å². The van der Waals surface area contributed by atoms with Gasteiger partial charge in [0.05, 0.1) is 33.3 Å². The molecule has 0 radical (unpaired) electrons. The van der Waals surface area contributed by atoms with Crippen LogP contribution in [-0.4, -0.2) is 71.8 Å². The Morgan fingerprint density at radius 1 is 0.971 bits per heavy atom. The molecule has 0 spiro atoms. The number of nitrogens with one attached hydrogen (secondary N) is 1. The van der Waals surface area contributed by atoms with Crippen LogP contribution in [0.2, 0.25) is 0 Å². The molecule has 1 N–H and O–H groups in total. The molecule has 0 saturated carbocycles. The van der Waals surface area contributed by atoms with Crippen molar-refractivity contribution in [3.63, 3.8) is 0 Å². The SMILES string of the molecule is CCNC(=O)[C@H](C)N(Cc1ccc(OC)cc1)C(=O)CN(c1ccc(OC)cc1OC)S(C)(=O)=O. The van der Waals surface area contributed by atoms with Crippen LogP contribution in [0.15, 0.2) is 42.5 Å². The second-order valence-corrected chi connectivity index (χ2v) is 9.65. The van der Waals surface area contributed by atoms with Gasteiger partial charge in [-0.05, 0) is 43.7 Å². The Balaban J connectivity index is 2.44. The first kappa shape index (κ1) is 27.8. The molecule has 0 heterocycles. The molecule has 10 nitrogen and oxygen atoms in total. The molecule has 2 amide bonds. The van der Waals surface area contributed by atoms with Crippen molar-refractivity contribution in [2.24, 2.45) is 0 Å². The van der Waals surface area contributed by atoms with E-state index in [9.17, 15) is 18.0 Å². The summed E-state index contributed by atoms with van der Waals surface area (Å²) >= 11 is 0. The van der Waals surface area contributed by atoms with Crippen molar-refractivity contribution in [1.82, 2.24) is 10.2 Å². The first-order valence-corrected chi connectivity index (χ1v) is 12.8. The number of hydrogen-bond acceptors (Lipinski definition) is 7. The molecule has 11 heteroatoms. The van der Waals surface area contributed by atoms with Gasteiger partial charge in [-0.15, -0.1) is 0 Å². The highest BCUT2D eigenvalue weighted by molar-refractivity contribution is 7.92. The molecule has 0 aliphatic carbocycles. The maximum absolute atomic E-state index is 13.5. The fraction of sp³-hybridized carbons (Fsp3) is 0.417. The lowest BCUT2D eigenvalue weighted by Gasteiger charge is -2.31. The molecule has 192 valence electrons. The van der Waals surface area contributed by atoms with Crippen molar-refractivity contribution in [1.29, 1.82) is 0 Å². The summed E-state index contributed by atoms with van der Waals surface area (Å²) in [6.45, 7) is 3.35. The summed E-state index contributed by atoms with van der Waals surface area (Å²) in [6.07, 6.45) is 1.00. The monoisotopic (exact) mass is 507 g/mol. The molecule has 0 fully saturated rings. The Bertz CT molecular complexity index is 1120. The number of anilines is 1. The topological polar surface area (TPSA) is 114 Å². The highest BCUT2D eigenvalue weighted by atomic mass is 32.2. The smallest absolute Gasteiger partial charge is 0.244 e. The molecule has 1 atom stereocenters. The van der Waals surface area contributed by atoms with E-state index < -0.39 is 28.5 Å². The molecule has 2 rings (SSSR count). The Kier molecular flexibility index (Phi) is 9.76. The zero-order chi connectivity index (χ0) is 26.2.